The number of nitrogens with one attached hydrogen (secondary N) is 1. The molecule has 5 heteroatoms. The Morgan fingerprint density at radius 2 is 2.55 bits per heavy atom. The van der Waals surface area contributed by atoms with Crippen LogP contribution in [0.1, 0.15) is 5.56 Å². The van der Waals surface area contributed by atoms with E-state index in [9.17, 15) is 4.79 Å². The summed E-state index contributed by atoms with van der Waals surface area (Å²) in [7, 11) is 0. The highest BCUT2D eigenvalue weighted by Gasteiger charge is 2.00. The third kappa shape index (κ3) is 2.51. The monoisotopic (exact) mass is 234 g/mol. The van der Waals surface area contributed by atoms with Gasteiger partial charge in [0.2, 0.25) is 0 Å². The average Bonchev–Trinajstić information content (AvgIpc) is 2.31. The zero-order valence-electron chi connectivity index (χ0n) is 5.63. The summed E-state index contributed by atoms with van der Waals surface area (Å²) in [4.78, 5) is 10.3. The third-order valence-electron chi connectivity index (χ3n) is 1.15. The van der Waals surface area contributed by atoms with Crippen molar-refractivity contribution in [2.24, 2.45) is 5.73 Å². The molecule has 0 saturated heterocycles. The number of halogens is 1. The first-order valence-electron chi connectivity index (χ1n) is 2.95. The van der Waals surface area contributed by atoms with Gasteiger partial charge in [-0.25, -0.2) is 4.79 Å². The number of hydrogen-bond donors (Lipinski definition) is 2. The predicted octanol–water partition coefficient (Wildman–Crippen LogP) is 1.68. The smallest absolute Gasteiger partial charge is 0.312 e. The van der Waals surface area contributed by atoms with E-state index in [0.717, 1.165) is 9.35 Å². The molecule has 0 radical (unpaired) electrons. The quantitative estimate of drug-likeness (QED) is 0.804. The number of carbonyl (C=O) groups excluding carboxylic acids is 1. The number of amides is 2. The second-order valence-electron chi connectivity index (χ2n) is 1.94. The molecular formula is C6H7BrN2OS. The van der Waals surface area contributed by atoms with Crippen LogP contribution < -0.4 is 11.1 Å². The summed E-state index contributed by atoms with van der Waals surface area (Å²) >= 11 is 4.92. The maximum absolute atomic E-state index is 10.3. The minimum absolute atomic E-state index is 0.486. The lowest BCUT2D eigenvalue weighted by molar-refractivity contribution is 0.248. The molecule has 11 heavy (non-hydrogen) atoms. The van der Waals surface area contributed by atoms with Gasteiger partial charge < -0.3 is 11.1 Å². The van der Waals surface area contributed by atoms with Crippen LogP contribution in [0.2, 0.25) is 0 Å². The van der Waals surface area contributed by atoms with Crippen molar-refractivity contribution < 1.29 is 4.79 Å². The first-order chi connectivity index (χ1) is 5.20. The SMILES string of the molecule is NC(=O)NCc1ccsc1Br. The molecule has 0 bridgehead atoms. The molecule has 1 rings (SSSR count). The maximum Gasteiger partial charge on any atom is 0.312 e. The van der Waals surface area contributed by atoms with E-state index in [-0.39, 0.29) is 0 Å². The number of rotatable bonds is 2. The Balaban J connectivity index is 2.51. The first kappa shape index (κ1) is 8.55. The van der Waals surface area contributed by atoms with Crippen LogP contribution in [0, 0.1) is 0 Å². The fourth-order valence-corrected chi connectivity index (χ4v) is 1.87. The molecule has 0 saturated carbocycles. The molecule has 60 valence electrons. The van der Waals surface area contributed by atoms with Gasteiger partial charge in [-0.2, -0.15) is 0 Å². The molecule has 0 fully saturated rings. The Kier molecular flexibility index (Phi) is 2.90. The second kappa shape index (κ2) is 3.73. The molecule has 0 atom stereocenters. The van der Waals surface area contributed by atoms with Gasteiger partial charge in [0.25, 0.3) is 0 Å². The number of thiophene rings is 1. The lowest BCUT2D eigenvalue weighted by atomic mass is 10.3. The second-order valence-corrected chi connectivity index (χ2v) is 4.17. The maximum atomic E-state index is 10.3. The number of primary amides is 1. The molecule has 3 nitrogen and oxygen atoms in total. The van der Waals surface area contributed by atoms with Gasteiger partial charge in [0, 0.05) is 6.54 Å². The van der Waals surface area contributed by atoms with E-state index in [1.165, 1.54) is 0 Å². The van der Waals surface area contributed by atoms with Gasteiger partial charge in [0.15, 0.2) is 0 Å². The molecule has 0 spiro atoms. The zero-order chi connectivity index (χ0) is 8.27. The molecule has 1 heterocycles. The summed E-state index contributed by atoms with van der Waals surface area (Å²) < 4.78 is 1.03. The van der Waals surface area contributed by atoms with E-state index in [4.69, 9.17) is 5.73 Å². The van der Waals surface area contributed by atoms with E-state index in [2.05, 4.69) is 21.2 Å². The molecule has 0 aromatic carbocycles. The summed E-state index contributed by atoms with van der Waals surface area (Å²) in [5.41, 5.74) is 5.95. The van der Waals surface area contributed by atoms with Crippen LogP contribution in [-0.2, 0) is 6.54 Å². The van der Waals surface area contributed by atoms with Gasteiger partial charge in [-0.3, -0.25) is 0 Å². The van der Waals surface area contributed by atoms with Crippen LogP contribution in [0.15, 0.2) is 15.2 Å². The third-order valence-corrected chi connectivity index (χ3v) is 2.96. The van der Waals surface area contributed by atoms with E-state index in [0.29, 0.717) is 6.54 Å². The molecule has 0 unspecified atom stereocenters. The summed E-state index contributed by atoms with van der Waals surface area (Å²) in [6.45, 7) is 0.486. The largest absolute Gasteiger partial charge is 0.352 e. The molecular weight excluding hydrogens is 228 g/mol. The van der Waals surface area contributed by atoms with Crippen LogP contribution in [-0.4, -0.2) is 6.03 Å². The van der Waals surface area contributed by atoms with E-state index in [1.54, 1.807) is 11.3 Å². The van der Waals surface area contributed by atoms with E-state index < -0.39 is 6.03 Å². The lowest BCUT2D eigenvalue weighted by Gasteiger charge is -1.98. The summed E-state index contributed by atoms with van der Waals surface area (Å²) in [5.74, 6) is 0. The van der Waals surface area contributed by atoms with Gasteiger partial charge in [-0.15, -0.1) is 11.3 Å². The zero-order valence-corrected chi connectivity index (χ0v) is 8.04. The van der Waals surface area contributed by atoms with Crippen LogP contribution in [0.3, 0.4) is 0 Å². The molecule has 1 aromatic rings. The van der Waals surface area contributed by atoms with Crippen LogP contribution in [0.25, 0.3) is 0 Å². The molecule has 0 aliphatic heterocycles. The standard InChI is InChI=1S/C6H7BrN2OS/c7-5-4(1-2-11-5)3-9-6(8)10/h1-2H,3H2,(H3,8,9,10). The topological polar surface area (TPSA) is 55.1 Å². The van der Waals surface area contributed by atoms with E-state index in [1.807, 2.05) is 11.4 Å². The Bertz CT molecular complexity index is 261. The minimum Gasteiger partial charge on any atom is -0.352 e. The summed E-state index contributed by atoms with van der Waals surface area (Å²) in [6, 6.07) is 1.44. The fourth-order valence-electron chi connectivity index (χ4n) is 0.628. The van der Waals surface area contributed by atoms with E-state index >= 15 is 0 Å². The fraction of sp³-hybridized carbons (Fsp3) is 0.167. The van der Waals surface area contributed by atoms with Gasteiger partial charge in [-0.05, 0) is 32.9 Å². The van der Waals surface area contributed by atoms with Crippen molar-refractivity contribution in [3.05, 3.63) is 20.8 Å². The number of urea groups is 1. The highest BCUT2D eigenvalue weighted by Crippen LogP contribution is 2.22. The van der Waals surface area contributed by atoms with Gasteiger partial charge in [0.05, 0.1) is 3.79 Å². The highest BCUT2D eigenvalue weighted by molar-refractivity contribution is 9.11. The first-order valence-corrected chi connectivity index (χ1v) is 4.62. The molecule has 3 N–H and O–H groups in total. The van der Waals surface area contributed by atoms with Crippen molar-refractivity contribution in [1.29, 1.82) is 0 Å². The Hall–Kier alpha value is -0.550. The lowest BCUT2D eigenvalue weighted by Crippen LogP contribution is -2.28. The Labute approximate surface area is 76.7 Å². The normalized spacial score (nSPS) is 9.55. The number of nitrogens with two attached hydrogens (primary N) is 1. The summed E-state index contributed by atoms with van der Waals surface area (Å²) in [6.07, 6.45) is 0. The molecule has 2 amide bonds. The van der Waals surface area contributed by atoms with Crippen molar-refractivity contribution in [1.82, 2.24) is 5.32 Å². The van der Waals surface area contributed by atoms with Gasteiger partial charge in [-0.1, -0.05) is 0 Å². The van der Waals surface area contributed by atoms with Crippen LogP contribution in [0.5, 0.6) is 0 Å². The highest BCUT2D eigenvalue weighted by atomic mass is 79.9. The minimum atomic E-state index is -0.497. The van der Waals surface area contributed by atoms with Gasteiger partial charge >= 0.3 is 6.03 Å². The van der Waals surface area contributed by atoms with Crippen molar-refractivity contribution in [2.75, 3.05) is 0 Å². The molecule has 0 aliphatic carbocycles. The predicted molar refractivity (Wildman–Crippen MR) is 48.4 cm³/mol. The van der Waals surface area contributed by atoms with Crippen molar-refractivity contribution in [3.8, 4) is 0 Å². The molecule has 1 aromatic heterocycles. The van der Waals surface area contributed by atoms with Crippen LogP contribution >= 0.6 is 27.3 Å². The Morgan fingerprint density at radius 1 is 1.82 bits per heavy atom. The number of carbonyl (C=O) groups is 1. The molecule has 0 aliphatic rings. The van der Waals surface area contributed by atoms with Crippen molar-refractivity contribution in [3.63, 3.8) is 0 Å². The summed E-state index contributed by atoms with van der Waals surface area (Å²) in [5, 5.41) is 4.45. The Morgan fingerprint density at radius 3 is 3.00 bits per heavy atom. The van der Waals surface area contributed by atoms with Gasteiger partial charge in [0.1, 0.15) is 0 Å². The van der Waals surface area contributed by atoms with Crippen molar-refractivity contribution in [2.45, 2.75) is 6.54 Å². The van der Waals surface area contributed by atoms with Crippen LogP contribution in [0.4, 0.5) is 4.79 Å². The van der Waals surface area contributed by atoms with Crippen molar-refractivity contribution >= 4 is 33.3 Å². The number of hydrogen-bond acceptors (Lipinski definition) is 2. The average molecular weight is 235 g/mol.